The number of hydrogen-bond donors (Lipinski definition) is 0. The summed E-state index contributed by atoms with van der Waals surface area (Å²) in [5.41, 5.74) is 0. The Morgan fingerprint density at radius 2 is 1.88 bits per heavy atom. The van der Waals surface area contributed by atoms with Gasteiger partial charge >= 0.3 is 6.36 Å². The highest BCUT2D eigenvalue weighted by Gasteiger charge is 2.38. The molecule has 1 heterocycles. The monoisotopic (exact) mass is 365 g/mol. The van der Waals surface area contributed by atoms with Crippen molar-refractivity contribution in [1.29, 1.82) is 0 Å². The largest absolute Gasteiger partial charge is 0.573 e. The molecule has 24 heavy (non-hydrogen) atoms. The minimum absolute atomic E-state index is 0.148. The highest BCUT2D eigenvalue weighted by atomic mass is 32.2. The second-order valence-corrected chi connectivity index (χ2v) is 7.95. The SMILES string of the molecule is O=S(=O)(c1ccccc1OC(F)(F)F)N1CCC(OCC2CC2)C1. The summed E-state index contributed by atoms with van der Waals surface area (Å²) in [5, 5.41) is 0. The summed E-state index contributed by atoms with van der Waals surface area (Å²) in [6.07, 6.45) is -2.36. The van der Waals surface area contributed by atoms with Gasteiger partial charge in [0, 0.05) is 19.7 Å². The van der Waals surface area contributed by atoms with Gasteiger partial charge in [0.2, 0.25) is 10.0 Å². The van der Waals surface area contributed by atoms with Gasteiger partial charge in [-0.1, -0.05) is 12.1 Å². The Balaban J connectivity index is 1.73. The molecule has 1 aromatic rings. The normalized spacial score (nSPS) is 22.7. The molecule has 1 aromatic carbocycles. The molecule has 0 spiro atoms. The Kier molecular flexibility index (Phi) is 4.76. The third kappa shape index (κ3) is 4.20. The van der Waals surface area contributed by atoms with Crippen molar-refractivity contribution in [2.75, 3.05) is 19.7 Å². The number of alkyl halides is 3. The van der Waals surface area contributed by atoms with Crippen molar-refractivity contribution >= 4 is 10.0 Å². The highest BCUT2D eigenvalue weighted by Crippen LogP contribution is 2.34. The Bertz CT molecular complexity index is 688. The molecule has 0 bridgehead atoms. The van der Waals surface area contributed by atoms with Crippen LogP contribution in [0.25, 0.3) is 0 Å². The van der Waals surface area contributed by atoms with Crippen molar-refractivity contribution < 1.29 is 31.1 Å². The molecule has 9 heteroatoms. The van der Waals surface area contributed by atoms with Gasteiger partial charge in [-0.3, -0.25) is 0 Å². The maximum atomic E-state index is 12.7. The average molecular weight is 365 g/mol. The van der Waals surface area contributed by atoms with E-state index in [1.807, 2.05) is 0 Å². The number of ether oxygens (including phenoxy) is 2. The standard InChI is InChI=1S/C15H18F3NO4S/c16-15(17,18)23-13-3-1-2-4-14(13)24(20,21)19-8-7-12(9-19)22-10-11-5-6-11/h1-4,11-12H,5-10H2. The Morgan fingerprint density at radius 1 is 1.17 bits per heavy atom. The molecule has 2 aliphatic rings. The van der Waals surface area contributed by atoms with Crippen LogP contribution in [0.3, 0.4) is 0 Å². The van der Waals surface area contributed by atoms with Gasteiger partial charge in [-0.25, -0.2) is 8.42 Å². The van der Waals surface area contributed by atoms with Crippen molar-refractivity contribution in [3.05, 3.63) is 24.3 Å². The summed E-state index contributed by atoms with van der Waals surface area (Å²) >= 11 is 0. The summed E-state index contributed by atoms with van der Waals surface area (Å²) in [4.78, 5) is -0.481. The third-order valence-corrected chi connectivity index (χ3v) is 5.97. The number of halogens is 3. The highest BCUT2D eigenvalue weighted by molar-refractivity contribution is 7.89. The molecule has 1 saturated heterocycles. The minimum Gasteiger partial charge on any atom is -0.404 e. The lowest BCUT2D eigenvalue weighted by Crippen LogP contribution is -2.31. The summed E-state index contributed by atoms with van der Waals surface area (Å²) in [7, 11) is -4.07. The number of sulfonamides is 1. The van der Waals surface area contributed by atoms with Crippen LogP contribution in [0.2, 0.25) is 0 Å². The van der Waals surface area contributed by atoms with Gasteiger partial charge in [-0.15, -0.1) is 13.2 Å². The first kappa shape index (κ1) is 17.5. The number of para-hydroxylation sites is 1. The lowest BCUT2D eigenvalue weighted by atomic mass is 10.3. The maximum Gasteiger partial charge on any atom is 0.573 e. The predicted octanol–water partition coefficient (Wildman–Crippen LogP) is 2.77. The molecule has 1 atom stereocenters. The van der Waals surface area contributed by atoms with E-state index in [4.69, 9.17) is 4.74 Å². The van der Waals surface area contributed by atoms with Crippen LogP contribution < -0.4 is 4.74 Å². The molecule has 1 unspecified atom stereocenters. The fourth-order valence-corrected chi connectivity index (χ4v) is 4.22. The summed E-state index contributed by atoms with van der Waals surface area (Å²) in [5.74, 6) is -0.149. The molecule has 1 aliphatic carbocycles. The Morgan fingerprint density at radius 3 is 2.54 bits per heavy atom. The van der Waals surface area contributed by atoms with Crippen LogP contribution in [0, 0.1) is 5.92 Å². The molecule has 0 amide bonds. The molecule has 134 valence electrons. The van der Waals surface area contributed by atoms with Crippen LogP contribution in [-0.4, -0.2) is 44.9 Å². The molecule has 2 fully saturated rings. The summed E-state index contributed by atoms with van der Waals surface area (Å²) in [6.45, 7) is 0.986. The van der Waals surface area contributed by atoms with E-state index in [2.05, 4.69) is 4.74 Å². The van der Waals surface area contributed by atoms with E-state index in [-0.39, 0.29) is 19.2 Å². The second-order valence-electron chi connectivity index (χ2n) is 6.04. The van der Waals surface area contributed by atoms with Gasteiger partial charge < -0.3 is 9.47 Å². The zero-order valence-corrected chi connectivity index (χ0v) is 13.6. The van der Waals surface area contributed by atoms with E-state index < -0.39 is 27.0 Å². The first-order valence-electron chi connectivity index (χ1n) is 7.72. The van der Waals surface area contributed by atoms with E-state index in [0.717, 1.165) is 29.3 Å². The van der Waals surface area contributed by atoms with Crippen molar-refractivity contribution in [2.24, 2.45) is 5.92 Å². The van der Waals surface area contributed by atoms with Crippen LogP contribution in [0.5, 0.6) is 5.75 Å². The van der Waals surface area contributed by atoms with Crippen LogP contribution in [0.4, 0.5) is 13.2 Å². The lowest BCUT2D eigenvalue weighted by molar-refractivity contribution is -0.275. The van der Waals surface area contributed by atoms with Gasteiger partial charge in [-0.2, -0.15) is 4.31 Å². The number of nitrogens with zero attached hydrogens (tertiary/aromatic N) is 1. The number of rotatable bonds is 6. The fraction of sp³-hybridized carbons (Fsp3) is 0.600. The summed E-state index contributed by atoms with van der Waals surface area (Å²) in [6, 6.07) is 4.78. The van der Waals surface area contributed by atoms with Gasteiger partial charge in [0.15, 0.2) is 0 Å². The van der Waals surface area contributed by atoms with Crippen LogP contribution in [0.1, 0.15) is 19.3 Å². The molecule has 3 rings (SSSR count). The van der Waals surface area contributed by atoms with Crippen LogP contribution in [-0.2, 0) is 14.8 Å². The molecule has 0 aromatic heterocycles. The molecule has 5 nitrogen and oxygen atoms in total. The first-order chi connectivity index (χ1) is 11.3. The topological polar surface area (TPSA) is 55.8 Å². The number of hydrogen-bond acceptors (Lipinski definition) is 4. The zero-order valence-electron chi connectivity index (χ0n) is 12.8. The van der Waals surface area contributed by atoms with E-state index in [0.29, 0.717) is 18.9 Å². The molecule has 1 aliphatic heterocycles. The fourth-order valence-electron chi connectivity index (χ4n) is 2.62. The Hall–Kier alpha value is -1.32. The average Bonchev–Trinajstić information content (AvgIpc) is 3.19. The molecular formula is C15H18F3NO4S. The lowest BCUT2D eigenvalue weighted by Gasteiger charge is -2.19. The van der Waals surface area contributed by atoms with Crippen molar-refractivity contribution in [3.63, 3.8) is 0 Å². The Labute approximate surface area is 138 Å². The molecule has 0 radical (unpaired) electrons. The molecule has 0 N–H and O–H groups in total. The van der Waals surface area contributed by atoms with Gasteiger partial charge in [0.25, 0.3) is 0 Å². The quantitative estimate of drug-likeness (QED) is 0.778. The van der Waals surface area contributed by atoms with Crippen molar-refractivity contribution in [3.8, 4) is 5.75 Å². The van der Waals surface area contributed by atoms with Crippen molar-refractivity contribution in [1.82, 2.24) is 4.31 Å². The van der Waals surface area contributed by atoms with Crippen LogP contribution in [0.15, 0.2) is 29.2 Å². The van der Waals surface area contributed by atoms with Gasteiger partial charge in [-0.05, 0) is 37.3 Å². The van der Waals surface area contributed by atoms with E-state index >= 15 is 0 Å². The van der Waals surface area contributed by atoms with E-state index in [1.54, 1.807) is 0 Å². The predicted molar refractivity (Wildman–Crippen MR) is 79.0 cm³/mol. The first-order valence-corrected chi connectivity index (χ1v) is 9.16. The van der Waals surface area contributed by atoms with Gasteiger partial charge in [0.05, 0.1) is 6.10 Å². The van der Waals surface area contributed by atoms with E-state index in [9.17, 15) is 21.6 Å². The van der Waals surface area contributed by atoms with Gasteiger partial charge in [0.1, 0.15) is 10.6 Å². The number of benzene rings is 1. The van der Waals surface area contributed by atoms with Crippen molar-refractivity contribution in [2.45, 2.75) is 36.6 Å². The molecular weight excluding hydrogens is 347 g/mol. The maximum absolute atomic E-state index is 12.7. The second kappa shape index (κ2) is 6.53. The smallest absolute Gasteiger partial charge is 0.404 e. The zero-order chi connectivity index (χ0) is 17.4. The van der Waals surface area contributed by atoms with E-state index in [1.165, 1.54) is 12.1 Å². The summed E-state index contributed by atoms with van der Waals surface area (Å²) < 4.78 is 73.5. The molecule has 1 saturated carbocycles. The third-order valence-electron chi connectivity index (χ3n) is 4.06. The van der Waals surface area contributed by atoms with Crippen LogP contribution >= 0.6 is 0 Å². The minimum atomic E-state index is -4.95.